The zero-order valence-corrected chi connectivity index (χ0v) is 8.08. The highest BCUT2D eigenvalue weighted by Crippen LogP contribution is 2.28. The molecule has 1 aromatic heterocycles. The number of aliphatic hydroxyl groups excluding tert-OH is 2. The molecule has 13 heavy (non-hydrogen) atoms. The molecular formula is C7H13N3O2S. The van der Waals surface area contributed by atoms with Crippen LogP contribution in [0.15, 0.2) is 0 Å². The molecule has 0 aliphatic heterocycles. The lowest BCUT2D eigenvalue weighted by Gasteiger charge is -2.14. The van der Waals surface area contributed by atoms with Gasteiger partial charge in [0.1, 0.15) is 6.10 Å². The summed E-state index contributed by atoms with van der Waals surface area (Å²) < 4.78 is 0. The van der Waals surface area contributed by atoms with Crippen molar-refractivity contribution in [2.75, 3.05) is 12.3 Å². The Hall–Kier alpha value is -0.690. The SMILES string of the molecule is Cc1nc(N)sc1C(O)C(O)CN. The Morgan fingerprint density at radius 2 is 2.15 bits per heavy atom. The molecule has 0 bridgehead atoms. The average Bonchev–Trinajstić information content (AvgIpc) is 2.42. The third-order valence-electron chi connectivity index (χ3n) is 1.72. The molecule has 0 saturated heterocycles. The molecule has 1 aromatic rings. The fourth-order valence-electron chi connectivity index (χ4n) is 1.01. The molecule has 0 fully saturated rings. The van der Waals surface area contributed by atoms with Crippen molar-refractivity contribution in [3.8, 4) is 0 Å². The lowest BCUT2D eigenvalue weighted by Crippen LogP contribution is -2.27. The first-order valence-corrected chi connectivity index (χ1v) is 4.67. The van der Waals surface area contributed by atoms with Crippen molar-refractivity contribution in [3.05, 3.63) is 10.6 Å². The monoisotopic (exact) mass is 203 g/mol. The van der Waals surface area contributed by atoms with Crippen LogP contribution in [0.4, 0.5) is 5.13 Å². The van der Waals surface area contributed by atoms with E-state index in [0.29, 0.717) is 15.7 Å². The van der Waals surface area contributed by atoms with Crippen molar-refractivity contribution in [1.29, 1.82) is 0 Å². The summed E-state index contributed by atoms with van der Waals surface area (Å²) in [5, 5.41) is 19.2. The third kappa shape index (κ3) is 2.16. The highest BCUT2D eigenvalue weighted by atomic mass is 32.1. The van der Waals surface area contributed by atoms with E-state index in [1.54, 1.807) is 6.92 Å². The second-order valence-electron chi connectivity index (χ2n) is 2.75. The number of hydrogen-bond acceptors (Lipinski definition) is 6. The minimum Gasteiger partial charge on any atom is -0.389 e. The molecule has 0 aliphatic carbocycles. The van der Waals surface area contributed by atoms with E-state index in [9.17, 15) is 10.2 Å². The van der Waals surface area contributed by atoms with Crippen molar-refractivity contribution < 1.29 is 10.2 Å². The van der Waals surface area contributed by atoms with E-state index in [0.717, 1.165) is 0 Å². The van der Waals surface area contributed by atoms with E-state index < -0.39 is 12.2 Å². The first-order valence-electron chi connectivity index (χ1n) is 3.85. The van der Waals surface area contributed by atoms with Gasteiger partial charge in [-0.3, -0.25) is 0 Å². The minimum atomic E-state index is -0.986. The number of rotatable bonds is 3. The van der Waals surface area contributed by atoms with Crippen LogP contribution in [0.25, 0.3) is 0 Å². The van der Waals surface area contributed by atoms with Gasteiger partial charge in [-0.25, -0.2) is 4.98 Å². The summed E-state index contributed by atoms with van der Waals surface area (Å²) in [7, 11) is 0. The Kier molecular flexibility index (Phi) is 3.21. The van der Waals surface area contributed by atoms with Gasteiger partial charge in [-0.15, -0.1) is 0 Å². The van der Waals surface area contributed by atoms with Gasteiger partial charge in [0.2, 0.25) is 0 Å². The fraction of sp³-hybridized carbons (Fsp3) is 0.571. The van der Waals surface area contributed by atoms with Gasteiger partial charge in [-0.1, -0.05) is 11.3 Å². The van der Waals surface area contributed by atoms with Crippen LogP contribution in [0.3, 0.4) is 0 Å². The van der Waals surface area contributed by atoms with Crippen LogP contribution in [0.5, 0.6) is 0 Å². The second-order valence-corrected chi connectivity index (χ2v) is 3.81. The molecule has 1 rings (SSSR count). The Labute approximate surface area is 80.0 Å². The van der Waals surface area contributed by atoms with Crippen LogP contribution >= 0.6 is 11.3 Å². The van der Waals surface area contributed by atoms with E-state index in [1.165, 1.54) is 11.3 Å². The van der Waals surface area contributed by atoms with Crippen molar-refractivity contribution in [2.24, 2.45) is 5.73 Å². The van der Waals surface area contributed by atoms with E-state index in [-0.39, 0.29) is 6.54 Å². The number of nitrogen functional groups attached to an aromatic ring is 1. The molecular weight excluding hydrogens is 190 g/mol. The van der Waals surface area contributed by atoms with E-state index in [2.05, 4.69) is 4.98 Å². The number of nitrogens with two attached hydrogens (primary N) is 2. The van der Waals surface area contributed by atoms with Crippen molar-refractivity contribution in [2.45, 2.75) is 19.1 Å². The summed E-state index contributed by atoms with van der Waals surface area (Å²) in [6.45, 7) is 1.74. The van der Waals surface area contributed by atoms with Crippen molar-refractivity contribution >= 4 is 16.5 Å². The maximum absolute atomic E-state index is 9.57. The minimum absolute atomic E-state index is 0.0123. The van der Waals surface area contributed by atoms with E-state index in [4.69, 9.17) is 11.5 Å². The third-order valence-corrected chi connectivity index (χ3v) is 2.78. The van der Waals surface area contributed by atoms with Crippen LogP contribution in [0, 0.1) is 6.92 Å². The maximum Gasteiger partial charge on any atom is 0.180 e. The average molecular weight is 203 g/mol. The summed E-state index contributed by atoms with van der Waals surface area (Å²) in [6, 6.07) is 0. The number of aromatic nitrogens is 1. The van der Waals surface area contributed by atoms with Crippen LogP contribution in [0.2, 0.25) is 0 Å². The topological polar surface area (TPSA) is 105 Å². The quantitative estimate of drug-likeness (QED) is 0.524. The molecule has 0 saturated carbocycles. The Bertz CT molecular complexity index is 289. The zero-order valence-electron chi connectivity index (χ0n) is 7.27. The first kappa shape index (κ1) is 10.4. The lowest BCUT2D eigenvalue weighted by atomic mass is 10.1. The summed E-state index contributed by atoms with van der Waals surface area (Å²) in [4.78, 5) is 4.51. The number of aliphatic hydroxyl groups is 2. The van der Waals surface area contributed by atoms with Gasteiger partial charge in [0, 0.05) is 6.54 Å². The second kappa shape index (κ2) is 4.01. The number of thiazole rings is 1. The summed E-state index contributed by atoms with van der Waals surface area (Å²) in [5.41, 5.74) is 11.3. The number of nitrogens with zero attached hydrogens (tertiary/aromatic N) is 1. The molecule has 0 radical (unpaired) electrons. The number of hydrogen-bond donors (Lipinski definition) is 4. The molecule has 0 spiro atoms. The summed E-state index contributed by atoms with van der Waals surface area (Å²) in [5.74, 6) is 0. The largest absolute Gasteiger partial charge is 0.389 e. The van der Waals surface area contributed by atoms with Gasteiger partial charge < -0.3 is 21.7 Å². The fourth-order valence-corrected chi connectivity index (χ4v) is 1.89. The molecule has 0 aliphatic rings. The molecule has 6 N–H and O–H groups in total. The lowest BCUT2D eigenvalue weighted by molar-refractivity contribution is 0.0261. The smallest absolute Gasteiger partial charge is 0.180 e. The Morgan fingerprint density at radius 1 is 1.54 bits per heavy atom. The van der Waals surface area contributed by atoms with Gasteiger partial charge in [0.25, 0.3) is 0 Å². The van der Waals surface area contributed by atoms with Gasteiger partial charge in [-0.05, 0) is 6.92 Å². The van der Waals surface area contributed by atoms with Gasteiger partial charge in [-0.2, -0.15) is 0 Å². The zero-order chi connectivity index (χ0) is 10.0. The molecule has 2 unspecified atom stereocenters. The van der Waals surface area contributed by atoms with Gasteiger partial charge >= 0.3 is 0 Å². The summed E-state index contributed by atoms with van der Waals surface area (Å²) in [6.07, 6.45) is -1.95. The predicted molar refractivity (Wildman–Crippen MR) is 51.3 cm³/mol. The van der Waals surface area contributed by atoms with Gasteiger partial charge in [0.05, 0.1) is 16.7 Å². The Balaban J connectivity index is 2.87. The highest BCUT2D eigenvalue weighted by molar-refractivity contribution is 7.15. The molecule has 5 nitrogen and oxygen atoms in total. The van der Waals surface area contributed by atoms with Crippen LogP contribution < -0.4 is 11.5 Å². The molecule has 2 atom stereocenters. The molecule has 1 heterocycles. The predicted octanol–water partition coefficient (Wildman–Crippen LogP) is -0.613. The van der Waals surface area contributed by atoms with Gasteiger partial charge in [0.15, 0.2) is 5.13 Å². The van der Waals surface area contributed by atoms with Crippen LogP contribution in [-0.4, -0.2) is 27.8 Å². The molecule has 6 heteroatoms. The maximum atomic E-state index is 9.57. The van der Waals surface area contributed by atoms with E-state index >= 15 is 0 Å². The van der Waals surface area contributed by atoms with Crippen LogP contribution in [0.1, 0.15) is 16.7 Å². The molecule has 0 amide bonds. The standard InChI is InChI=1S/C7H13N3O2S/c1-3-6(13-7(9)10-3)5(12)4(11)2-8/h4-5,11-12H,2,8H2,1H3,(H2,9,10). The number of aryl methyl sites for hydroxylation is 1. The summed E-state index contributed by atoms with van der Waals surface area (Å²) >= 11 is 1.17. The van der Waals surface area contributed by atoms with Crippen LogP contribution in [-0.2, 0) is 0 Å². The normalized spacial score (nSPS) is 15.7. The Morgan fingerprint density at radius 3 is 2.54 bits per heavy atom. The first-order chi connectivity index (χ1) is 6.06. The molecule has 0 aromatic carbocycles. The van der Waals surface area contributed by atoms with Crippen molar-refractivity contribution in [3.63, 3.8) is 0 Å². The molecule has 74 valence electrons. The number of anilines is 1. The van der Waals surface area contributed by atoms with Crippen molar-refractivity contribution in [1.82, 2.24) is 4.98 Å². The highest BCUT2D eigenvalue weighted by Gasteiger charge is 2.21. The van der Waals surface area contributed by atoms with E-state index in [1.807, 2.05) is 0 Å².